The number of likely N-dealkylation sites (N-methyl/N-ethyl adjacent to an activating group) is 1. The fourth-order valence-corrected chi connectivity index (χ4v) is 3.47. The van der Waals surface area contributed by atoms with E-state index in [1.807, 2.05) is 23.4 Å². The number of rotatable bonds is 3. The molecule has 1 unspecified atom stereocenters. The molecule has 1 saturated heterocycles. The summed E-state index contributed by atoms with van der Waals surface area (Å²) in [5.41, 5.74) is 0. The van der Waals surface area contributed by atoms with Crippen molar-refractivity contribution in [2.24, 2.45) is 0 Å². The number of nitrogens with zero attached hydrogens (tertiary/aromatic N) is 1. The zero-order valence-electron chi connectivity index (χ0n) is 9.20. The van der Waals surface area contributed by atoms with E-state index in [0.29, 0.717) is 0 Å². The van der Waals surface area contributed by atoms with Crippen LogP contribution in [0.3, 0.4) is 0 Å². The number of likely N-dealkylation sites (tertiary alicyclic amines) is 1. The van der Waals surface area contributed by atoms with E-state index in [0.717, 1.165) is 30.4 Å². The van der Waals surface area contributed by atoms with Gasteiger partial charge >= 0.3 is 0 Å². The Balaban J connectivity index is 2.04. The van der Waals surface area contributed by atoms with Crippen molar-refractivity contribution >= 4 is 33.2 Å². The average molecular weight is 303 g/mol. The first-order valence-electron chi connectivity index (χ1n) is 5.40. The van der Waals surface area contributed by atoms with Crippen LogP contribution < -0.4 is 5.32 Å². The minimum atomic E-state index is 0.00693. The lowest BCUT2D eigenvalue weighted by atomic mass is 10.1. The van der Waals surface area contributed by atoms with Crippen LogP contribution >= 0.6 is 27.3 Å². The maximum Gasteiger partial charge on any atom is 0.240 e. The topological polar surface area (TPSA) is 32.3 Å². The number of amides is 1. The third-order valence-electron chi connectivity index (χ3n) is 2.90. The highest BCUT2D eigenvalue weighted by Gasteiger charge is 2.27. The molecule has 0 spiro atoms. The fourth-order valence-electron chi connectivity index (χ4n) is 1.98. The van der Waals surface area contributed by atoms with Crippen LogP contribution in [-0.4, -0.2) is 30.4 Å². The molecule has 0 bridgehead atoms. The summed E-state index contributed by atoms with van der Waals surface area (Å²) in [4.78, 5) is 15.2. The fraction of sp³-hybridized carbons (Fsp3) is 0.545. The van der Waals surface area contributed by atoms with Gasteiger partial charge in [0.1, 0.15) is 0 Å². The molecule has 1 aromatic heterocycles. The van der Waals surface area contributed by atoms with E-state index in [9.17, 15) is 4.79 Å². The van der Waals surface area contributed by atoms with Gasteiger partial charge in [-0.3, -0.25) is 4.79 Å². The third-order valence-corrected chi connectivity index (χ3v) is 4.82. The van der Waals surface area contributed by atoms with E-state index < -0.39 is 0 Å². The van der Waals surface area contributed by atoms with Gasteiger partial charge in [-0.25, -0.2) is 0 Å². The molecule has 1 aromatic rings. The summed E-state index contributed by atoms with van der Waals surface area (Å²) in [7, 11) is 1.85. The van der Waals surface area contributed by atoms with Crippen molar-refractivity contribution in [1.29, 1.82) is 0 Å². The van der Waals surface area contributed by atoms with Crippen LogP contribution in [-0.2, 0) is 11.3 Å². The van der Waals surface area contributed by atoms with Gasteiger partial charge in [0, 0.05) is 15.9 Å². The van der Waals surface area contributed by atoms with Crippen molar-refractivity contribution in [2.45, 2.75) is 25.4 Å². The van der Waals surface area contributed by atoms with Crippen molar-refractivity contribution in [3.05, 3.63) is 20.8 Å². The normalized spacial score (nSPS) is 21.5. The number of nitrogens with one attached hydrogen (secondary N) is 1. The molecule has 0 aliphatic carbocycles. The smallest absolute Gasteiger partial charge is 0.240 e. The van der Waals surface area contributed by atoms with Gasteiger partial charge < -0.3 is 10.2 Å². The van der Waals surface area contributed by atoms with Crippen molar-refractivity contribution in [3.8, 4) is 0 Å². The van der Waals surface area contributed by atoms with Crippen LogP contribution in [0.2, 0.25) is 0 Å². The van der Waals surface area contributed by atoms with E-state index in [1.165, 1.54) is 4.88 Å². The highest BCUT2D eigenvalue weighted by molar-refractivity contribution is 9.10. The maximum atomic E-state index is 12.0. The molecular weight excluding hydrogens is 288 g/mol. The van der Waals surface area contributed by atoms with Gasteiger partial charge in [-0.15, -0.1) is 11.3 Å². The van der Waals surface area contributed by atoms with Gasteiger partial charge in [0.25, 0.3) is 0 Å². The molecule has 5 heteroatoms. The number of piperidine rings is 1. The predicted molar refractivity (Wildman–Crippen MR) is 69.5 cm³/mol. The molecule has 1 aliphatic rings. The van der Waals surface area contributed by atoms with Crippen LogP contribution in [0.1, 0.15) is 17.7 Å². The van der Waals surface area contributed by atoms with E-state index in [4.69, 9.17) is 0 Å². The molecule has 0 saturated carbocycles. The van der Waals surface area contributed by atoms with Crippen LogP contribution in [0.25, 0.3) is 0 Å². The second-order valence-corrected chi connectivity index (χ2v) is 5.79. The first kappa shape index (κ1) is 12.1. The molecule has 16 heavy (non-hydrogen) atoms. The number of thiophene rings is 1. The highest BCUT2D eigenvalue weighted by Crippen LogP contribution is 2.25. The maximum absolute atomic E-state index is 12.0. The average Bonchev–Trinajstić information content (AvgIpc) is 2.68. The standard InChI is InChI=1S/C11H15BrN2OS/c1-13-9-3-2-5-14(11(9)15)7-10-8(12)4-6-16-10/h4,6,9,13H,2-3,5,7H2,1H3. The molecule has 88 valence electrons. The van der Waals surface area contributed by atoms with Crippen molar-refractivity contribution < 1.29 is 4.79 Å². The van der Waals surface area contributed by atoms with Crippen LogP contribution in [0.15, 0.2) is 15.9 Å². The van der Waals surface area contributed by atoms with Crippen LogP contribution in [0.5, 0.6) is 0 Å². The Morgan fingerprint density at radius 1 is 1.69 bits per heavy atom. The lowest BCUT2D eigenvalue weighted by Gasteiger charge is -2.31. The second kappa shape index (κ2) is 5.29. The molecule has 0 radical (unpaired) electrons. The summed E-state index contributed by atoms with van der Waals surface area (Å²) in [6.07, 6.45) is 2.04. The van der Waals surface area contributed by atoms with E-state index in [1.54, 1.807) is 11.3 Å². The zero-order valence-corrected chi connectivity index (χ0v) is 11.6. The molecule has 1 fully saturated rings. The summed E-state index contributed by atoms with van der Waals surface area (Å²) in [6, 6.07) is 2.04. The first-order chi connectivity index (χ1) is 7.72. The molecule has 2 rings (SSSR count). The summed E-state index contributed by atoms with van der Waals surface area (Å²) in [6.45, 7) is 1.61. The Morgan fingerprint density at radius 3 is 3.12 bits per heavy atom. The molecule has 1 aliphatic heterocycles. The van der Waals surface area contributed by atoms with E-state index in [-0.39, 0.29) is 11.9 Å². The Kier molecular flexibility index (Phi) is 4.00. The quantitative estimate of drug-likeness (QED) is 0.928. The molecule has 1 atom stereocenters. The number of halogens is 1. The summed E-state index contributed by atoms with van der Waals surface area (Å²) >= 11 is 5.19. The second-order valence-electron chi connectivity index (χ2n) is 3.93. The van der Waals surface area contributed by atoms with Crippen molar-refractivity contribution in [2.75, 3.05) is 13.6 Å². The summed E-state index contributed by atoms with van der Waals surface area (Å²) < 4.78 is 1.11. The highest BCUT2D eigenvalue weighted by atomic mass is 79.9. The van der Waals surface area contributed by atoms with Gasteiger partial charge in [0.2, 0.25) is 5.91 Å². The molecule has 0 aromatic carbocycles. The minimum absolute atomic E-state index is 0.00693. The van der Waals surface area contributed by atoms with Gasteiger partial charge in [0.15, 0.2) is 0 Å². The zero-order chi connectivity index (χ0) is 11.5. The van der Waals surface area contributed by atoms with E-state index >= 15 is 0 Å². The minimum Gasteiger partial charge on any atom is -0.336 e. The molecule has 1 N–H and O–H groups in total. The van der Waals surface area contributed by atoms with Gasteiger partial charge in [-0.05, 0) is 47.3 Å². The molecule has 1 amide bonds. The Hall–Kier alpha value is -0.390. The summed E-state index contributed by atoms with van der Waals surface area (Å²) in [5, 5.41) is 5.12. The van der Waals surface area contributed by atoms with Crippen LogP contribution in [0, 0.1) is 0 Å². The SMILES string of the molecule is CNC1CCCN(Cc2sccc2Br)C1=O. The largest absolute Gasteiger partial charge is 0.336 e. The Bertz CT molecular complexity index is 380. The van der Waals surface area contributed by atoms with Crippen molar-refractivity contribution in [3.63, 3.8) is 0 Å². The first-order valence-corrected chi connectivity index (χ1v) is 7.07. The third kappa shape index (κ3) is 2.47. The number of carbonyl (C=O) groups excluding carboxylic acids is 1. The number of hydrogen-bond acceptors (Lipinski definition) is 3. The van der Waals surface area contributed by atoms with E-state index in [2.05, 4.69) is 21.2 Å². The Labute approximate surface area is 108 Å². The summed E-state index contributed by atoms with van der Waals surface area (Å²) in [5.74, 6) is 0.231. The number of carbonyl (C=O) groups is 1. The van der Waals surface area contributed by atoms with Gasteiger partial charge in [-0.2, -0.15) is 0 Å². The van der Waals surface area contributed by atoms with Crippen molar-refractivity contribution in [1.82, 2.24) is 10.2 Å². The number of hydrogen-bond donors (Lipinski definition) is 1. The van der Waals surface area contributed by atoms with Gasteiger partial charge in [-0.1, -0.05) is 0 Å². The molecule has 3 nitrogen and oxygen atoms in total. The molecular formula is C11H15BrN2OS. The van der Waals surface area contributed by atoms with Gasteiger partial charge in [0.05, 0.1) is 12.6 Å². The predicted octanol–water partition coefficient (Wildman–Crippen LogP) is 2.22. The lowest BCUT2D eigenvalue weighted by molar-refractivity contribution is -0.136. The lowest BCUT2D eigenvalue weighted by Crippen LogP contribution is -2.49. The Morgan fingerprint density at radius 2 is 2.50 bits per heavy atom. The van der Waals surface area contributed by atoms with Crippen LogP contribution in [0.4, 0.5) is 0 Å². The molecule has 2 heterocycles. The monoisotopic (exact) mass is 302 g/mol.